The van der Waals surface area contributed by atoms with Gasteiger partial charge in [0.25, 0.3) is 0 Å². The van der Waals surface area contributed by atoms with Crippen LogP contribution in [-0.4, -0.2) is 11.2 Å². The fourth-order valence-corrected chi connectivity index (χ4v) is 0.417. The predicted octanol–water partition coefficient (Wildman–Crippen LogP) is 1.98. The molecule has 2 heteroatoms. The van der Waals surface area contributed by atoms with Crippen molar-refractivity contribution in [1.29, 1.82) is 0 Å². The highest BCUT2D eigenvalue weighted by Crippen LogP contribution is 2.19. The second kappa shape index (κ2) is 3.08. The Hall–Kier alpha value is -0.0400. The molecule has 0 fully saturated rings. The number of carbonyl (C=O) groups excluding carboxylic acids is 1. The SMILES string of the molecule is CCC(Cl)(C=O)CC. The summed E-state index contributed by atoms with van der Waals surface area (Å²) in [6, 6.07) is 0. The topological polar surface area (TPSA) is 17.1 Å². The average molecular weight is 135 g/mol. The van der Waals surface area contributed by atoms with E-state index in [9.17, 15) is 4.79 Å². The molecule has 0 atom stereocenters. The van der Waals surface area contributed by atoms with Crippen molar-refractivity contribution in [2.45, 2.75) is 31.6 Å². The van der Waals surface area contributed by atoms with Crippen molar-refractivity contribution in [2.24, 2.45) is 0 Å². The van der Waals surface area contributed by atoms with E-state index in [2.05, 4.69) is 0 Å². The smallest absolute Gasteiger partial charge is 0.140 e. The third-order valence-corrected chi connectivity index (χ3v) is 2.01. The summed E-state index contributed by atoms with van der Waals surface area (Å²) in [5.74, 6) is 0. The van der Waals surface area contributed by atoms with Crippen molar-refractivity contribution in [1.82, 2.24) is 0 Å². The zero-order chi connectivity index (χ0) is 6.62. The summed E-state index contributed by atoms with van der Waals surface area (Å²) in [5, 5.41) is 0. The molecule has 0 aromatic rings. The van der Waals surface area contributed by atoms with Gasteiger partial charge in [0.05, 0.1) is 4.87 Å². The highest BCUT2D eigenvalue weighted by Gasteiger charge is 2.20. The number of hydrogen-bond donors (Lipinski definition) is 0. The van der Waals surface area contributed by atoms with E-state index in [-0.39, 0.29) is 0 Å². The van der Waals surface area contributed by atoms with E-state index in [1.807, 2.05) is 13.8 Å². The van der Waals surface area contributed by atoms with E-state index in [4.69, 9.17) is 11.6 Å². The lowest BCUT2D eigenvalue weighted by Crippen LogP contribution is -2.19. The van der Waals surface area contributed by atoms with Crippen LogP contribution in [0.4, 0.5) is 0 Å². The molecule has 8 heavy (non-hydrogen) atoms. The minimum absolute atomic E-state index is 0.583. The molecule has 0 aromatic carbocycles. The maximum atomic E-state index is 10.2. The molecule has 0 radical (unpaired) electrons. The van der Waals surface area contributed by atoms with Crippen LogP contribution in [0, 0.1) is 0 Å². The van der Waals surface area contributed by atoms with Gasteiger partial charge in [-0.2, -0.15) is 0 Å². The molecule has 0 N–H and O–H groups in total. The zero-order valence-electron chi connectivity index (χ0n) is 5.28. The van der Waals surface area contributed by atoms with Crippen LogP contribution in [0.25, 0.3) is 0 Å². The van der Waals surface area contributed by atoms with Crippen LogP contribution >= 0.6 is 11.6 Å². The third-order valence-electron chi connectivity index (χ3n) is 1.39. The fraction of sp³-hybridized carbons (Fsp3) is 0.833. The van der Waals surface area contributed by atoms with Crippen molar-refractivity contribution >= 4 is 17.9 Å². The van der Waals surface area contributed by atoms with Gasteiger partial charge in [0.1, 0.15) is 6.29 Å². The fourth-order valence-electron chi connectivity index (χ4n) is 0.417. The molecule has 0 aliphatic rings. The van der Waals surface area contributed by atoms with E-state index >= 15 is 0 Å². The Morgan fingerprint density at radius 3 is 1.88 bits per heavy atom. The Labute approximate surface area is 55.0 Å². The first-order chi connectivity index (χ1) is 3.68. The maximum absolute atomic E-state index is 10.2. The molecule has 0 amide bonds. The second-order valence-corrected chi connectivity index (χ2v) is 2.61. The van der Waals surface area contributed by atoms with Crippen LogP contribution in [0.1, 0.15) is 26.7 Å². The number of alkyl halides is 1. The van der Waals surface area contributed by atoms with Gasteiger partial charge in [-0.15, -0.1) is 11.6 Å². The first kappa shape index (κ1) is 7.96. The molecular weight excluding hydrogens is 124 g/mol. The minimum atomic E-state index is -0.583. The highest BCUT2D eigenvalue weighted by atomic mass is 35.5. The van der Waals surface area contributed by atoms with Crippen LogP contribution in [0.2, 0.25) is 0 Å². The van der Waals surface area contributed by atoms with Gasteiger partial charge in [-0.05, 0) is 12.8 Å². The summed E-state index contributed by atoms with van der Waals surface area (Å²) in [6.45, 7) is 3.82. The van der Waals surface area contributed by atoms with E-state index in [1.165, 1.54) is 0 Å². The minimum Gasteiger partial charge on any atom is -0.301 e. The summed E-state index contributed by atoms with van der Waals surface area (Å²) in [6.07, 6.45) is 2.25. The molecule has 0 aliphatic heterocycles. The highest BCUT2D eigenvalue weighted by molar-refractivity contribution is 6.31. The van der Waals surface area contributed by atoms with Crippen LogP contribution in [0.5, 0.6) is 0 Å². The molecule has 0 bridgehead atoms. The number of rotatable bonds is 3. The van der Waals surface area contributed by atoms with E-state index < -0.39 is 4.87 Å². The molecule has 0 aliphatic carbocycles. The monoisotopic (exact) mass is 134 g/mol. The molecule has 0 heterocycles. The summed E-state index contributed by atoms with van der Waals surface area (Å²) >= 11 is 5.72. The van der Waals surface area contributed by atoms with Crippen LogP contribution < -0.4 is 0 Å². The van der Waals surface area contributed by atoms with Crippen LogP contribution in [0.3, 0.4) is 0 Å². The second-order valence-electron chi connectivity index (χ2n) is 1.86. The van der Waals surface area contributed by atoms with Gasteiger partial charge in [0.2, 0.25) is 0 Å². The van der Waals surface area contributed by atoms with Crippen molar-refractivity contribution in [2.75, 3.05) is 0 Å². The number of halogens is 1. The molecule has 0 saturated carbocycles. The Kier molecular flexibility index (Phi) is 3.06. The van der Waals surface area contributed by atoms with Gasteiger partial charge < -0.3 is 4.79 Å². The zero-order valence-corrected chi connectivity index (χ0v) is 6.03. The Morgan fingerprint density at radius 1 is 1.50 bits per heavy atom. The lowest BCUT2D eigenvalue weighted by Gasteiger charge is -2.13. The first-order valence-corrected chi connectivity index (χ1v) is 3.21. The normalized spacial score (nSPS) is 11.4. The van der Waals surface area contributed by atoms with Crippen LogP contribution in [-0.2, 0) is 4.79 Å². The lowest BCUT2D eigenvalue weighted by atomic mass is 10.1. The molecule has 0 unspecified atom stereocenters. The van der Waals surface area contributed by atoms with Gasteiger partial charge in [0.15, 0.2) is 0 Å². The average Bonchev–Trinajstić information content (AvgIpc) is 1.87. The number of carbonyl (C=O) groups is 1. The first-order valence-electron chi connectivity index (χ1n) is 2.83. The molecule has 48 valence electrons. The summed E-state index contributed by atoms with van der Waals surface area (Å²) in [5.41, 5.74) is 0. The molecule has 0 saturated heterocycles. The predicted molar refractivity (Wildman–Crippen MR) is 35.2 cm³/mol. The Balaban J connectivity index is 3.76. The van der Waals surface area contributed by atoms with Crippen molar-refractivity contribution in [3.8, 4) is 0 Å². The Morgan fingerprint density at radius 2 is 1.88 bits per heavy atom. The van der Waals surface area contributed by atoms with Gasteiger partial charge >= 0.3 is 0 Å². The van der Waals surface area contributed by atoms with Crippen molar-refractivity contribution < 1.29 is 4.79 Å². The lowest BCUT2D eigenvalue weighted by molar-refractivity contribution is -0.110. The van der Waals surface area contributed by atoms with Crippen LogP contribution in [0.15, 0.2) is 0 Å². The molecule has 0 spiro atoms. The molecule has 0 aromatic heterocycles. The quantitative estimate of drug-likeness (QED) is 0.426. The van der Waals surface area contributed by atoms with Gasteiger partial charge in [-0.25, -0.2) is 0 Å². The Bertz CT molecular complexity index is 76.6. The largest absolute Gasteiger partial charge is 0.301 e. The van der Waals surface area contributed by atoms with E-state index in [0.717, 1.165) is 6.29 Å². The maximum Gasteiger partial charge on any atom is 0.140 e. The number of aldehydes is 1. The molecular formula is C6H11ClO. The van der Waals surface area contributed by atoms with Gasteiger partial charge in [-0.3, -0.25) is 0 Å². The van der Waals surface area contributed by atoms with Gasteiger partial charge in [-0.1, -0.05) is 13.8 Å². The van der Waals surface area contributed by atoms with Gasteiger partial charge in [0, 0.05) is 0 Å². The summed E-state index contributed by atoms with van der Waals surface area (Å²) in [4.78, 5) is 9.57. The number of hydrogen-bond acceptors (Lipinski definition) is 1. The van der Waals surface area contributed by atoms with E-state index in [0.29, 0.717) is 12.8 Å². The molecule has 1 nitrogen and oxygen atoms in total. The molecule has 0 rings (SSSR count). The summed E-state index contributed by atoms with van der Waals surface area (Å²) in [7, 11) is 0. The standard InChI is InChI=1S/C6H11ClO/c1-3-6(7,4-2)5-8/h5H,3-4H2,1-2H3. The van der Waals surface area contributed by atoms with E-state index in [1.54, 1.807) is 0 Å². The summed E-state index contributed by atoms with van der Waals surface area (Å²) < 4.78 is 0. The van der Waals surface area contributed by atoms with Crippen molar-refractivity contribution in [3.63, 3.8) is 0 Å². The third kappa shape index (κ3) is 1.83. The van der Waals surface area contributed by atoms with Crippen molar-refractivity contribution in [3.05, 3.63) is 0 Å².